The number of methoxy groups -OCH3 is 4. The molecule has 0 aromatic heterocycles. The van der Waals surface area contributed by atoms with Gasteiger partial charge in [-0.1, -0.05) is 97.1 Å². The number of carbonyl (C=O) groups is 2. The summed E-state index contributed by atoms with van der Waals surface area (Å²) in [6, 6.07) is 40.7. The standard InChI is InChI=1S/C49H50N2O8/c1-32-15-7-9-25-42(32)46(48(54,34-17-11-21-38(27-34)56-3)35-18-12-22-39(28-35)57-4)50-44(52)31-45(53)51-47(43-26-10-8-16-33(43)2)49(55,36-19-13-23-40(29-36)58-5)37-20-14-24-41(30-37)59-6/h7-30,46-47,54-55H,31H2,1-6H3,(H,50,52)(H,51,53)/t46-,47-/m1/s1. The molecule has 304 valence electrons. The van der Waals surface area contributed by atoms with E-state index >= 15 is 0 Å². The molecular weight excluding hydrogens is 745 g/mol. The highest BCUT2D eigenvalue weighted by molar-refractivity contribution is 5.97. The Morgan fingerprint density at radius 2 is 0.763 bits per heavy atom. The van der Waals surface area contributed by atoms with Gasteiger partial charge in [-0.05, 0) is 107 Å². The molecule has 4 N–H and O–H groups in total. The van der Waals surface area contributed by atoms with Crippen LogP contribution in [-0.2, 0) is 20.8 Å². The van der Waals surface area contributed by atoms with E-state index in [-0.39, 0.29) is 0 Å². The van der Waals surface area contributed by atoms with Crippen molar-refractivity contribution in [1.29, 1.82) is 0 Å². The van der Waals surface area contributed by atoms with Crippen LogP contribution in [0, 0.1) is 13.8 Å². The first-order valence-electron chi connectivity index (χ1n) is 19.2. The van der Waals surface area contributed by atoms with E-state index in [1.54, 1.807) is 97.1 Å². The van der Waals surface area contributed by atoms with Gasteiger partial charge in [-0.2, -0.15) is 0 Å². The minimum absolute atomic E-state index is 0.435. The van der Waals surface area contributed by atoms with Crippen molar-refractivity contribution in [1.82, 2.24) is 10.6 Å². The van der Waals surface area contributed by atoms with E-state index in [0.29, 0.717) is 56.4 Å². The summed E-state index contributed by atoms with van der Waals surface area (Å²) in [7, 11) is 6.15. The number of aryl methyl sites for hydroxylation is 2. The molecule has 0 unspecified atom stereocenters. The van der Waals surface area contributed by atoms with Crippen LogP contribution >= 0.6 is 0 Å². The van der Waals surface area contributed by atoms with Gasteiger partial charge in [-0.3, -0.25) is 9.59 Å². The first kappa shape index (κ1) is 42.0. The molecule has 0 saturated heterocycles. The summed E-state index contributed by atoms with van der Waals surface area (Å²) in [6.07, 6.45) is -0.649. The van der Waals surface area contributed by atoms with Gasteiger partial charge in [-0.25, -0.2) is 0 Å². The Hall–Kier alpha value is -6.62. The molecule has 0 bridgehead atoms. The number of aliphatic hydroxyl groups is 2. The maximum atomic E-state index is 14.4. The number of nitrogens with one attached hydrogen (secondary N) is 2. The second kappa shape index (κ2) is 18.3. The average Bonchev–Trinajstić information content (AvgIpc) is 3.27. The quantitative estimate of drug-likeness (QED) is 0.0736. The molecule has 0 radical (unpaired) electrons. The monoisotopic (exact) mass is 794 g/mol. The van der Waals surface area contributed by atoms with Gasteiger partial charge in [0.1, 0.15) is 40.6 Å². The Morgan fingerprint density at radius 1 is 0.475 bits per heavy atom. The van der Waals surface area contributed by atoms with Crippen LogP contribution in [0.5, 0.6) is 23.0 Å². The van der Waals surface area contributed by atoms with E-state index in [1.807, 2.05) is 62.4 Å². The van der Waals surface area contributed by atoms with Crippen LogP contribution in [0.3, 0.4) is 0 Å². The molecule has 0 aliphatic rings. The van der Waals surface area contributed by atoms with Gasteiger partial charge in [0.05, 0.1) is 40.5 Å². The number of rotatable bonds is 16. The predicted octanol–water partition coefficient (Wildman–Crippen LogP) is 7.61. The van der Waals surface area contributed by atoms with Crippen molar-refractivity contribution < 1.29 is 38.7 Å². The second-order valence-electron chi connectivity index (χ2n) is 14.4. The molecule has 6 rings (SSSR count). The zero-order valence-corrected chi connectivity index (χ0v) is 34.1. The molecule has 0 heterocycles. The van der Waals surface area contributed by atoms with Gasteiger partial charge in [0, 0.05) is 0 Å². The number of carbonyl (C=O) groups excluding carboxylic acids is 2. The maximum Gasteiger partial charge on any atom is 0.230 e. The lowest BCUT2D eigenvalue weighted by Crippen LogP contribution is -2.48. The average molecular weight is 795 g/mol. The molecule has 0 saturated carbocycles. The van der Waals surface area contributed by atoms with Crippen molar-refractivity contribution in [2.45, 2.75) is 43.6 Å². The third-order valence-electron chi connectivity index (χ3n) is 10.8. The Labute approximate surface area is 345 Å². The van der Waals surface area contributed by atoms with Crippen LogP contribution in [0.4, 0.5) is 0 Å². The van der Waals surface area contributed by atoms with Crippen molar-refractivity contribution >= 4 is 11.8 Å². The smallest absolute Gasteiger partial charge is 0.230 e. The third-order valence-corrected chi connectivity index (χ3v) is 10.8. The highest BCUT2D eigenvalue weighted by Gasteiger charge is 2.45. The van der Waals surface area contributed by atoms with Crippen molar-refractivity contribution in [2.24, 2.45) is 0 Å². The molecule has 0 fully saturated rings. The van der Waals surface area contributed by atoms with E-state index in [1.165, 1.54) is 28.4 Å². The van der Waals surface area contributed by atoms with Crippen molar-refractivity contribution in [3.63, 3.8) is 0 Å². The Balaban J connectivity index is 1.43. The van der Waals surface area contributed by atoms with Crippen LogP contribution in [0.2, 0.25) is 0 Å². The molecule has 2 amide bonds. The van der Waals surface area contributed by atoms with E-state index < -0.39 is 41.5 Å². The summed E-state index contributed by atoms with van der Waals surface area (Å²) in [5, 5.41) is 32.5. The van der Waals surface area contributed by atoms with Gasteiger partial charge in [0.15, 0.2) is 0 Å². The lowest BCUT2D eigenvalue weighted by molar-refractivity contribution is -0.132. The van der Waals surface area contributed by atoms with E-state index in [0.717, 1.165) is 11.1 Å². The summed E-state index contributed by atoms with van der Waals surface area (Å²) in [4.78, 5) is 28.8. The summed E-state index contributed by atoms with van der Waals surface area (Å²) in [5.41, 5.74) is 0.784. The van der Waals surface area contributed by atoms with Crippen molar-refractivity contribution in [3.8, 4) is 23.0 Å². The number of amides is 2. The summed E-state index contributed by atoms with van der Waals surface area (Å²) in [6.45, 7) is 3.78. The first-order chi connectivity index (χ1) is 28.5. The minimum Gasteiger partial charge on any atom is -0.497 e. The number of benzene rings is 6. The van der Waals surface area contributed by atoms with E-state index in [4.69, 9.17) is 18.9 Å². The fraction of sp³-hybridized carbons (Fsp3) is 0.224. The number of hydrogen-bond acceptors (Lipinski definition) is 8. The molecule has 59 heavy (non-hydrogen) atoms. The Morgan fingerprint density at radius 3 is 1.03 bits per heavy atom. The molecule has 0 aliphatic carbocycles. The van der Waals surface area contributed by atoms with Gasteiger partial charge < -0.3 is 39.8 Å². The SMILES string of the molecule is COc1cccc(C(O)(c2cccc(OC)c2)[C@H](NC(=O)CC(=O)N[C@H](c2ccccc2C)C(O)(c2cccc(OC)c2)c2cccc(OC)c2)c2ccccc2C)c1. The zero-order valence-electron chi connectivity index (χ0n) is 34.1. The molecular formula is C49H50N2O8. The first-order valence-corrected chi connectivity index (χ1v) is 19.2. The summed E-state index contributed by atoms with van der Waals surface area (Å²) >= 11 is 0. The maximum absolute atomic E-state index is 14.4. The van der Waals surface area contributed by atoms with Crippen molar-refractivity contribution in [2.75, 3.05) is 28.4 Å². The Bertz CT molecular complexity index is 2150. The Kier molecular flexibility index (Phi) is 13.0. The molecule has 6 aromatic rings. The lowest BCUT2D eigenvalue weighted by atomic mass is 9.76. The second-order valence-corrected chi connectivity index (χ2v) is 14.4. The van der Waals surface area contributed by atoms with Crippen LogP contribution in [0.1, 0.15) is 63.0 Å². The largest absolute Gasteiger partial charge is 0.497 e. The van der Waals surface area contributed by atoms with Gasteiger partial charge in [0.2, 0.25) is 11.8 Å². The highest BCUT2D eigenvalue weighted by Crippen LogP contribution is 2.46. The topological polar surface area (TPSA) is 136 Å². The van der Waals surface area contributed by atoms with Crippen molar-refractivity contribution in [3.05, 3.63) is 190 Å². The lowest BCUT2D eigenvalue weighted by Gasteiger charge is -2.39. The van der Waals surface area contributed by atoms with Gasteiger partial charge >= 0.3 is 0 Å². The number of ether oxygens (including phenoxy) is 4. The van der Waals surface area contributed by atoms with E-state index in [2.05, 4.69) is 10.6 Å². The van der Waals surface area contributed by atoms with Gasteiger partial charge in [-0.15, -0.1) is 0 Å². The van der Waals surface area contributed by atoms with Crippen LogP contribution < -0.4 is 29.6 Å². The summed E-state index contributed by atoms with van der Waals surface area (Å²) in [5.74, 6) is 0.657. The third kappa shape index (κ3) is 8.79. The van der Waals surface area contributed by atoms with Crippen LogP contribution in [-0.4, -0.2) is 50.5 Å². The van der Waals surface area contributed by atoms with Crippen LogP contribution in [0.15, 0.2) is 146 Å². The van der Waals surface area contributed by atoms with Crippen LogP contribution in [0.25, 0.3) is 0 Å². The minimum atomic E-state index is -1.90. The molecule has 6 aromatic carbocycles. The highest BCUT2D eigenvalue weighted by atomic mass is 16.5. The van der Waals surface area contributed by atoms with Gasteiger partial charge in [0.25, 0.3) is 0 Å². The number of hydrogen-bond donors (Lipinski definition) is 4. The predicted molar refractivity (Wildman–Crippen MR) is 227 cm³/mol. The summed E-state index contributed by atoms with van der Waals surface area (Å²) < 4.78 is 22.2. The fourth-order valence-corrected chi connectivity index (χ4v) is 7.65. The zero-order chi connectivity index (χ0) is 42.2. The molecule has 10 nitrogen and oxygen atoms in total. The molecule has 2 atom stereocenters. The molecule has 0 aliphatic heterocycles. The fourth-order valence-electron chi connectivity index (χ4n) is 7.65. The van der Waals surface area contributed by atoms with E-state index in [9.17, 15) is 19.8 Å². The molecule has 10 heteroatoms. The normalized spacial score (nSPS) is 12.5. The molecule has 0 spiro atoms.